The van der Waals surface area contributed by atoms with Crippen LogP contribution >= 0.6 is 0 Å². The summed E-state index contributed by atoms with van der Waals surface area (Å²) in [5, 5.41) is 3.43. The zero-order valence-electron chi connectivity index (χ0n) is 12.2. The summed E-state index contributed by atoms with van der Waals surface area (Å²) >= 11 is 0. The minimum Gasteiger partial charge on any atom is -0.493 e. The van der Waals surface area contributed by atoms with Crippen LogP contribution in [0, 0.1) is 0 Å². The number of ether oxygens (including phenoxy) is 2. The Balaban J connectivity index is 2.76. The van der Waals surface area contributed by atoms with Crippen molar-refractivity contribution in [3.63, 3.8) is 0 Å². The van der Waals surface area contributed by atoms with Gasteiger partial charge >= 0.3 is 0 Å². The quantitative estimate of drug-likeness (QED) is 0.833. The van der Waals surface area contributed by atoms with Crippen molar-refractivity contribution in [2.75, 3.05) is 26.2 Å². The normalized spacial score (nSPS) is 15.6. The van der Waals surface area contributed by atoms with E-state index >= 15 is 0 Å². The Bertz CT molecular complexity index is 437. The molecule has 0 bridgehead atoms. The summed E-state index contributed by atoms with van der Waals surface area (Å²) in [6.45, 7) is 4.12. The molecule has 0 aliphatic rings. The summed E-state index contributed by atoms with van der Waals surface area (Å²) in [6.07, 6.45) is 1.72. The molecular formula is C14H23NO3S. The molecule has 0 saturated carbocycles. The first kappa shape index (κ1) is 16.0. The molecule has 1 N–H and O–H groups in total. The molecule has 1 rings (SSSR count). The molecular weight excluding hydrogens is 262 g/mol. The first-order valence-corrected chi connectivity index (χ1v) is 7.98. The zero-order valence-corrected chi connectivity index (χ0v) is 13.0. The fourth-order valence-electron chi connectivity index (χ4n) is 2.05. The van der Waals surface area contributed by atoms with Crippen LogP contribution in [0.3, 0.4) is 0 Å². The monoisotopic (exact) mass is 285 g/mol. The first-order valence-electron chi connectivity index (χ1n) is 6.26. The lowest BCUT2D eigenvalue weighted by atomic mass is 10.1. The van der Waals surface area contributed by atoms with Gasteiger partial charge in [0.05, 0.1) is 14.2 Å². The van der Waals surface area contributed by atoms with E-state index < -0.39 is 10.8 Å². The molecule has 0 fully saturated rings. The van der Waals surface area contributed by atoms with Gasteiger partial charge in [0.15, 0.2) is 11.5 Å². The van der Waals surface area contributed by atoms with Gasteiger partial charge in [0.25, 0.3) is 0 Å². The van der Waals surface area contributed by atoms with E-state index in [0.717, 1.165) is 17.1 Å². The molecule has 0 aliphatic heterocycles. The molecule has 3 atom stereocenters. The van der Waals surface area contributed by atoms with E-state index in [0.29, 0.717) is 5.75 Å². The van der Waals surface area contributed by atoms with Gasteiger partial charge in [-0.2, -0.15) is 0 Å². The van der Waals surface area contributed by atoms with Crippen molar-refractivity contribution < 1.29 is 13.7 Å². The van der Waals surface area contributed by atoms with Crippen molar-refractivity contribution in [2.24, 2.45) is 0 Å². The lowest BCUT2D eigenvalue weighted by Gasteiger charge is -2.20. The van der Waals surface area contributed by atoms with Crippen LogP contribution in [-0.4, -0.2) is 36.5 Å². The van der Waals surface area contributed by atoms with E-state index in [4.69, 9.17) is 9.47 Å². The van der Waals surface area contributed by atoms with E-state index in [9.17, 15) is 4.21 Å². The highest BCUT2D eigenvalue weighted by molar-refractivity contribution is 7.84. The Kier molecular flexibility index (Phi) is 6.31. The van der Waals surface area contributed by atoms with Crippen molar-refractivity contribution in [1.29, 1.82) is 0 Å². The van der Waals surface area contributed by atoms with Crippen molar-refractivity contribution >= 4 is 10.8 Å². The van der Waals surface area contributed by atoms with Crippen LogP contribution in [0.15, 0.2) is 18.2 Å². The second-order valence-electron chi connectivity index (χ2n) is 4.64. The fourth-order valence-corrected chi connectivity index (χ4v) is 2.85. The molecule has 19 heavy (non-hydrogen) atoms. The average molecular weight is 285 g/mol. The van der Waals surface area contributed by atoms with Gasteiger partial charge in [0.2, 0.25) is 0 Å². The highest BCUT2D eigenvalue weighted by Gasteiger charge is 2.13. The smallest absolute Gasteiger partial charge is 0.161 e. The maximum absolute atomic E-state index is 11.2. The van der Waals surface area contributed by atoms with Crippen LogP contribution in [0.4, 0.5) is 0 Å². The third-order valence-electron chi connectivity index (χ3n) is 2.93. The Hall–Kier alpha value is -1.07. The van der Waals surface area contributed by atoms with Crippen LogP contribution in [0.2, 0.25) is 0 Å². The summed E-state index contributed by atoms with van der Waals surface area (Å²) in [4.78, 5) is 0. The van der Waals surface area contributed by atoms with Crippen molar-refractivity contribution in [3.8, 4) is 11.5 Å². The molecule has 0 aliphatic carbocycles. The minimum atomic E-state index is -0.787. The van der Waals surface area contributed by atoms with E-state index in [1.165, 1.54) is 0 Å². The fraction of sp³-hybridized carbons (Fsp3) is 0.571. The number of hydrogen-bond donors (Lipinski definition) is 1. The van der Waals surface area contributed by atoms with E-state index in [2.05, 4.69) is 12.2 Å². The number of rotatable bonds is 7. The van der Waals surface area contributed by atoms with Crippen LogP contribution in [0.5, 0.6) is 11.5 Å². The number of benzene rings is 1. The molecule has 0 amide bonds. The molecule has 0 radical (unpaired) electrons. The van der Waals surface area contributed by atoms with Crippen molar-refractivity contribution in [2.45, 2.75) is 25.9 Å². The molecule has 0 saturated heterocycles. The van der Waals surface area contributed by atoms with E-state index in [1.54, 1.807) is 20.5 Å². The SMILES string of the molecule is COc1ccc(C(C)NC(C)CS(C)=O)cc1OC. The summed E-state index contributed by atoms with van der Waals surface area (Å²) in [5.41, 5.74) is 1.12. The Morgan fingerprint density at radius 1 is 1.21 bits per heavy atom. The highest BCUT2D eigenvalue weighted by Crippen LogP contribution is 2.29. The molecule has 108 valence electrons. The van der Waals surface area contributed by atoms with Crippen LogP contribution in [0.1, 0.15) is 25.5 Å². The molecule has 1 aromatic rings. The Labute approximate surface area is 118 Å². The molecule has 3 unspecified atom stereocenters. The van der Waals surface area contributed by atoms with Gasteiger partial charge in [-0.25, -0.2) is 0 Å². The lowest BCUT2D eigenvalue weighted by Crippen LogP contribution is -2.33. The molecule has 0 spiro atoms. The van der Waals surface area contributed by atoms with Crippen LogP contribution < -0.4 is 14.8 Å². The summed E-state index contributed by atoms with van der Waals surface area (Å²) in [6, 6.07) is 6.24. The van der Waals surface area contributed by atoms with Crippen LogP contribution in [0.25, 0.3) is 0 Å². The highest BCUT2D eigenvalue weighted by atomic mass is 32.2. The first-order chi connectivity index (χ1) is 8.97. The lowest BCUT2D eigenvalue weighted by molar-refractivity contribution is 0.353. The Morgan fingerprint density at radius 3 is 2.37 bits per heavy atom. The van der Waals surface area contributed by atoms with Gasteiger partial charge in [-0.15, -0.1) is 0 Å². The Morgan fingerprint density at radius 2 is 1.84 bits per heavy atom. The van der Waals surface area contributed by atoms with Gasteiger partial charge in [0, 0.05) is 34.9 Å². The topological polar surface area (TPSA) is 47.6 Å². The van der Waals surface area contributed by atoms with Crippen molar-refractivity contribution in [1.82, 2.24) is 5.32 Å². The second-order valence-corrected chi connectivity index (χ2v) is 6.12. The maximum Gasteiger partial charge on any atom is 0.161 e. The molecule has 4 nitrogen and oxygen atoms in total. The second kappa shape index (κ2) is 7.50. The maximum atomic E-state index is 11.2. The predicted molar refractivity (Wildman–Crippen MR) is 79.5 cm³/mol. The van der Waals surface area contributed by atoms with E-state index in [-0.39, 0.29) is 12.1 Å². The van der Waals surface area contributed by atoms with Crippen LogP contribution in [-0.2, 0) is 10.8 Å². The number of methoxy groups -OCH3 is 2. The minimum absolute atomic E-state index is 0.165. The number of nitrogens with one attached hydrogen (secondary N) is 1. The van der Waals surface area contributed by atoms with E-state index in [1.807, 2.05) is 25.1 Å². The van der Waals surface area contributed by atoms with Gasteiger partial charge < -0.3 is 14.8 Å². The summed E-state index contributed by atoms with van der Waals surface area (Å²) in [5.74, 6) is 2.10. The van der Waals surface area contributed by atoms with Gasteiger partial charge in [-0.05, 0) is 31.5 Å². The summed E-state index contributed by atoms with van der Waals surface area (Å²) < 4.78 is 21.7. The third-order valence-corrected chi connectivity index (χ3v) is 3.90. The molecule has 0 heterocycles. The summed E-state index contributed by atoms with van der Waals surface area (Å²) in [7, 11) is 2.46. The van der Waals surface area contributed by atoms with Gasteiger partial charge in [-0.3, -0.25) is 4.21 Å². The molecule has 5 heteroatoms. The zero-order chi connectivity index (χ0) is 14.4. The average Bonchev–Trinajstić information content (AvgIpc) is 2.36. The standard InChI is InChI=1S/C14H23NO3S/c1-10(9-19(5)16)15-11(2)12-6-7-13(17-3)14(8-12)18-4/h6-8,10-11,15H,9H2,1-5H3. The predicted octanol–water partition coefficient (Wildman–Crippen LogP) is 2.12. The largest absolute Gasteiger partial charge is 0.493 e. The number of hydrogen-bond acceptors (Lipinski definition) is 4. The molecule has 0 aromatic heterocycles. The van der Waals surface area contributed by atoms with Crippen molar-refractivity contribution in [3.05, 3.63) is 23.8 Å². The van der Waals surface area contributed by atoms with Gasteiger partial charge in [-0.1, -0.05) is 6.07 Å². The van der Waals surface area contributed by atoms with Gasteiger partial charge in [0.1, 0.15) is 0 Å². The molecule has 1 aromatic carbocycles. The third kappa shape index (κ3) is 4.84.